The van der Waals surface area contributed by atoms with E-state index in [0.29, 0.717) is 31.6 Å². The summed E-state index contributed by atoms with van der Waals surface area (Å²) in [4.78, 5) is 40.4. The van der Waals surface area contributed by atoms with Crippen molar-refractivity contribution in [3.8, 4) is 0 Å². The molecule has 0 saturated carbocycles. The first-order valence-electron chi connectivity index (χ1n) is 8.94. The van der Waals surface area contributed by atoms with Gasteiger partial charge in [0.25, 0.3) is 5.91 Å². The molecule has 2 N–H and O–H groups in total. The van der Waals surface area contributed by atoms with Gasteiger partial charge in [-0.05, 0) is 37.4 Å². The van der Waals surface area contributed by atoms with E-state index in [1.165, 1.54) is 4.90 Å². The van der Waals surface area contributed by atoms with Crippen molar-refractivity contribution in [3.63, 3.8) is 0 Å². The Morgan fingerprint density at radius 2 is 1.69 bits per heavy atom. The first kappa shape index (κ1) is 16.7. The van der Waals surface area contributed by atoms with E-state index in [1.807, 2.05) is 47.4 Å². The lowest BCUT2D eigenvalue weighted by atomic mass is 9.95. The second-order valence-electron chi connectivity index (χ2n) is 7.00. The zero-order valence-electron chi connectivity index (χ0n) is 14.4. The predicted octanol–water partition coefficient (Wildman–Crippen LogP) is 1.67. The molecular weight excluding hydrogens is 330 g/mol. The highest BCUT2D eigenvalue weighted by Gasteiger charge is 2.44. The highest BCUT2D eigenvalue weighted by molar-refractivity contribution is 6.25. The Morgan fingerprint density at radius 1 is 1.00 bits per heavy atom. The molecule has 2 heterocycles. The Bertz CT molecular complexity index is 882. The fourth-order valence-electron chi connectivity index (χ4n) is 4.05. The van der Waals surface area contributed by atoms with Crippen molar-refractivity contribution in [2.45, 2.75) is 25.3 Å². The summed E-state index contributed by atoms with van der Waals surface area (Å²) in [5, 5.41) is 1.89. The fraction of sp³-hybridized carbons (Fsp3) is 0.350. The molecule has 0 radical (unpaired) electrons. The number of carbonyl (C=O) groups excluding carboxylic acids is 3. The molecule has 2 aromatic rings. The van der Waals surface area contributed by atoms with Gasteiger partial charge in [0, 0.05) is 11.3 Å². The quantitative estimate of drug-likeness (QED) is 0.853. The van der Waals surface area contributed by atoms with E-state index in [2.05, 4.69) is 0 Å². The number of fused-ring (bicyclic) bond motifs is 1. The Balaban J connectivity index is 1.59. The van der Waals surface area contributed by atoms with Crippen molar-refractivity contribution < 1.29 is 14.4 Å². The van der Waals surface area contributed by atoms with Crippen LogP contribution in [0, 0.1) is 5.92 Å². The number of likely N-dealkylation sites (tertiary alicyclic amines) is 1. The molecule has 1 atom stereocenters. The van der Waals surface area contributed by atoms with Crippen molar-refractivity contribution >= 4 is 34.2 Å². The number of amides is 3. The number of anilines is 1. The lowest BCUT2D eigenvalue weighted by Gasteiger charge is -2.33. The van der Waals surface area contributed by atoms with Gasteiger partial charge in [-0.15, -0.1) is 0 Å². The van der Waals surface area contributed by atoms with Crippen molar-refractivity contribution in [2.24, 2.45) is 11.7 Å². The molecule has 0 aliphatic carbocycles. The van der Waals surface area contributed by atoms with Gasteiger partial charge in [-0.3, -0.25) is 19.3 Å². The number of nitrogens with zero attached hydrogens (tertiary/aromatic N) is 2. The molecule has 2 aromatic carbocycles. The summed E-state index contributed by atoms with van der Waals surface area (Å²) in [6.45, 7) is 1.22. The molecule has 2 aliphatic rings. The average Bonchev–Trinajstić information content (AvgIpc) is 2.95. The van der Waals surface area contributed by atoms with Crippen LogP contribution in [0.25, 0.3) is 10.8 Å². The fourth-order valence-corrected chi connectivity index (χ4v) is 4.05. The summed E-state index contributed by atoms with van der Waals surface area (Å²) in [7, 11) is 0. The van der Waals surface area contributed by atoms with Crippen LogP contribution >= 0.6 is 0 Å². The zero-order chi connectivity index (χ0) is 18.3. The number of benzene rings is 2. The molecule has 0 bridgehead atoms. The van der Waals surface area contributed by atoms with Crippen LogP contribution in [0.2, 0.25) is 0 Å². The van der Waals surface area contributed by atoms with Crippen LogP contribution in [0.3, 0.4) is 0 Å². The highest BCUT2D eigenvalue weighted by Crippen LogP contribution is 2.33. The lowest BCUT2D eigenvalue weighted by molar-refractivity contribution is -0.124. The van der Waals surface area contributed by atoms with Crippen LogP contribution in [0.15, 0.2) is 42.5 Å². The number of piperidine rings is 1. The smallest absolute Gasteiger partial charge is 0.251 e. The summed E-state index contributed by atoms with van der Waals surface area (Å²) < 4.78 is 0. The van der Waals surface area contributed by atoms with E-state index < -0.39 is 6.04 Å². The van der Waals surface area contributed by atoms with Crippen molar-refractivity contribution in [2.75, 3.05) is 18.0 Å². The van der Waals surface area contributed by atoms with Gasteiger partial charge in [-0.2, -0.15) is 0 Å². The van der Waals surface area contributed by atoms with Gasteiger partial charge in [0.1, 0.15) is 0 Å². The molecule has 2 saturated heterocycles. The van der Waals surface area contributed by atoms with Crippen molar-refractivity contribution in [3.05, 3.63) is 42.5 Å². The van der Waals surface area contributed by atoms with Crippen LogP contribution in [0.1, 0.15) is 19.3 Å². The van der Waals surface area contributed by atoms with Crippen LogP contribution in [-0.2, 0) is 14.4 Å². The van der Waals surface area contributed by atoms with Crippen LogP contribution < -0.4 is 10.6 Å². The number of hydrogen-bond donors (Lipinski definition) is 1. The number of primary amides is 1. The molecule has 2 aliphatic heterocycles. The molecule has 0 spiro atoms. The van der Waals surface area contributed by atoms with Gasteiger partial charge >= 0.3 is 0 Å². The molecule has 2 fully saturated rings. The third-order valence-electron chi connectivity index (χ3n) is 5.50. The SMILES string of the molecule is NC(=O)C1CCN(C2CC(=O)N(c3cccc4ccccc34)C2=O)CC1. The maximum Gasteiger partial charge on any atom is 0.251 e. The number of hydrogen-bond acceptors (Lipinski definition) is 4. The molecule has 3 amide bonds. The van der Waals surface area contributed by atoms with Crippen LogP contribution in [-0.4, -0.2) is 41.8 Å². The Kier molecular flexibility index (Phi) is 4.20. The maximum absolute atomic E-state index is 13.0. The molecule has 134 valence electrons. The largest absolute Gasteiger partial charge is 0.369 e. The van der Waals surface area contributed by atoms with Gasteiger partial charge in [0.2, 0.25) is 11.8 Å². The molecular formula is C20H21N3O3. The number of carbonyl (C=O) groups is 3. The second-order valence-corrected chi connectivity index (χ2v) is 7.00. The minimum atomic E-state index is -0.449. The minimum Gasteiger partial charge on any atom is -0.369 e. The van der Waals surface area contributed by atoms with Gasteiger partial charge in [0.15, 0.2) is 0 Å². The Hall–Kier alpha value is -2.73. The van der Waals surface area contributed by atoms with Crippen LogP contribution in [0.5, 0.6) is 0 Å². The number of imide groups is 1. The monoisotopic (exact) mass is 351 g/mol. The van der Waals surface area contributed by atoms with Gasteiger partial charge in [-0.1, -0.05) is 36.4 Å². The van der Waals surface area contributed by atoms with E-state index >= 15 is 0 Å². The Morgan fingerprint density at radius 3 is 2.42 bits per heavy atom. The molecule has 1 unspecified atom stereocenters. The average molecular weight is 351 g/mol. The molecule has 0 aromatic heterocycles. The van der Waals surface area contributed by atoms with E-state index in [1.54, 1.807) is 0 Å². The second kappa shape index (κ2) is 6.53. The normalized spacial score (nSPS) is 22.3. The lowest BCUT2D eigenvalue weighted by Crippen LogP contribution is -2.47. The number of rotatable bonds is 3. The zero-order valence-corrected chi connectivity index (χ0v) is 14.4. The molecule has 6 nitrogen and oxygen atoms in total. The molecule has 4 rings (SSSR count). The Labute approximate surface area is 151 Å². The van der Waals surface area contributed by atoms with E-state index in [4.69, 9.17) is 5.73 Å². The summed E-state index contributed by atoms with van der Waals surface area (Å²) >= 11 is 0. The van der Waals surface area contributed by atoms with Crippen LogP contribution in [0.4, 0.5) is 5.69 Å². The minimum absolute atomic E-state index is 0.132. The third kappa shape index (κ3) is 2.76. The third-order valence-corrected chi connectivity index (χ3v) is 5.50. The predicted molar refractivity (Wildman–Crippen MR) is 98.3 cm³/mol. The summed E-state index contributed by atoms with van der Waals surface area (Å²) in [6, 6.07) is 12.9. The summed E-state index contributed by atoms with van der Waals surface area (Å²) in [5.74, 6) is -0.763. The summed E-state index contributed by atoms with van der Waals surface area (Å²) in [5.41, 5.74) is 6.03. The first-order valence-corrected chi connectivity index (χ1v) is 8.94. The maximum atomic E-state index is 13.0. The summed E-state index contributed by atoms with van der Waals surface area (Å²) in [6.07, 6.45) is 1.46. The van der Waals surface area contributed by atoms with Gasteiger partial charge < -0.3 is 5.73 Å². The van der Waals surface area contributed by atoms with Crippen molar-refractivity contribution in [1.82, 2.24) is 4.90 Å². The number of nitrogens with two attached hydrogens (primary N) is 1. The van der Waals surface area contributed by atoms with Gasteiger partial charge in [0.05, 0.1) is 18.2 Å². The molecule has 6 heteroatoms. The van der Waals surface area contributed by atoms with Gasteiger partial charge in [-0.25, -0.2) is 4.90 Å². The van der Waals surface area contributed by atoms with Crippen molar-refractivity contribution in [1.29, 1.82) is 0 Å². The van der Waals surface area contributed by atoms with E-state index in [9.17, 15) is 14.4 Å². The van der Waals surface area contributed by atoms with E-state index in [-0.39, 0.29) is 30.1 Å². The topological polar surface area (TPSA) is 83.7 Å². The van der Waals surface area contributed by atoms with E-state index in [0.717, 1.165) is 10.8 Å². The standard InChI is InChI=1S/C20H21N3O3/c21-19(25)14-8-10-22(11-9-14)17-12-18(24)23(20(17)26)16-7-3-5-13-4-1-2-6-15(13)16/h1-7,14,17H,8-12H2,(H2,21,25). The first-order chi connectivity index (χ1) is 12.6. The molecule has 26 heavy (non-hydrogen) atoms. The highest BCUT2D eigenvalue weighted by atomic mass is 16.2.